The molecule has 3 rings (SSSR count). The van der Waals surface area contributed by atoms with Gasteiger partial charge in [-0.1, -0.05) is 30.3 Å². The van der Waals surface area contributed by atoms with Crippen LogP contribution in [0.15, 0.2) is 30.3 Å². The fraction of sp³-hybridized carbons (Fsp3) is 0.556. The van der Waals surface area contributed by atoms with Crippen LogP contribution in [0.4, 0.5) is 4.79 Å². The molecule has 6 nitrogen and oxygen atoms in total. The first kappa shape index (κ1) is 16.8. The highest BCUT2D eigenvalue weighted by atomic mass is 16.6. The number of benzene rings is 1. The molecule has 1 aliphatic heterocycles. The number of ether oxygens (including phenoxy) is 1. The van der Waals surface area contributed by atoms with E-state index in [0.29, 0.717) is 19.0 Å². The van der Waals surface area contributed by atoms with E-state index in [0.717, 1.165) is 25.7 Å². The maximum absolute atomic E-state index is 12.5. The van der Waals surface area contributed by atoms with Crippen LogP contribution in [-0.4, -0.2) is 53.8 Å². The molecule has 1 saturated carbocycles. The number of amides is 1. The second kappa shape index (κ2) is 7.66. The Morgan fingerprint density at radius 1 is 1.25 bits per heavy atom. The third kappa shape index (κ3) is 3.87. The molecule has 0 spiro atoms. The number of aliphatic carboxylic acids is 1. The van der Waals surface area contributed by atoms with Crippen LogP contribution in [0, 0.1) is 5.92 Å². The van der Waals surface area contributed by atoms with Gasteiger partial charge < -0.3 is 15.2 Å². The number of hydrogen-bond donors (Lipinski definition) is 2. The van der Waals surface area contributed by atoms with Crippen molar-refractivity contribution in [3.8, 4) is 0 Å². The van der Waals surface area contributed by atoms with E-state index >= 15 is 0 Å². The van der Waals surface area contributed by atoms with E-state index in [4.69, 9.17) is 4.74 Å². The van der Waals surface area contributed by atoms with E-state index in [9.17, 15) is 14.7 Å². The Kier molecular flexibility index (Phi) is 5.35. The molecule has 1 saturated heterocycles. The lowest BCUT2D eigenvalue weighted by molar-refractivity contribution is -0.143. The van der Waals surface area contributed by atoms with Crippen molar-refractivity contribution in [1.82, 2.24) is 10.2 Å². The SMILES string of the molecule is O=C(O)C1CNCCN1C(=O)OC1CCCC1Cc1ccccc1. The van der Waals surface area contributed by atoms with Crippen molar-refractivity contribution in [2.75, 3.05) is 19.6 Å². The summed E-state index contributed by atoms with van der Waals surface area (Å²) in [4.78, 5) is 25.1. The van der Waals surface area contributed by atoms with Crippen LogP contribution in [0.3, 0.4) is 0 Å². The maximum atomic E-state index is 12.5. The third-order valence-corrected chi connectivity index (χ3v) is 4.95. The molecule has 24 heavy (non-hydrogen) atoms. The van der Waals surface area contributed by atoms with Crippen molar-refractivity contribution >= 4 is 12.1 Å². The van der Waals surface area contributed by atoms with Crippen LogP contribution >= 0.6 is 0 Å². The van der Waals surface area contributed by atoms with E-state index < -0.39 is 18.1 Å². The average Bonchev–Trinajstić information content (AvgIpc) is 3.02. The lowest BCUT2D eigenvalue weighted by Crippen LogP contribution is -2.57. The topological polar surface area (TPSA) is 78.9 Å². The van der Waals surface area contributed by atoms with E-state index in [1.807, 2.05) is 18.2 Å². The van der Waals surface area contributed by atoms with Crippen LogP contribution in [0.1, 0.15) is 24.8 Å². The molecule has 1 aromatic rings. The zero-order chi connectivity index (χ0) is 16.9. The number of carbonyl (C=O) groups excluding carboxylic acids is 1. The van der Waals surface area contributed by atoms with Crippen LogP contribution in [0.2, 0.25) is 0 Å². The lowest BCUT2D eigenvalue weighted by Gasteiger charge is -2.34. The standard InChI is InChI=1S/C18H24N2O4/c21-17(22)15-12-19-9-10-20(15)18(23)24-16-8-4-7-14(16)11-13-5-2-1-3-6-13/h1-3,5-6,14-16,19H,4,7-12H2,(H,21,22). The van der Waals surface area contributed by atoms with Gasteiger partial charge in [0.25, 0.3) is 0 Å². The highest BCUT2D eigenvalue weighted by Gasteiger charge is 2.36. The molecule has 6 heteroatoms. The minimum absolute atomic E-state index is 0.123. The first-order valence-corrected chi connectivity index (χ1v) is 8.60. The van der Waals surface area contributed by atoms with Gasteiger partial charge in [0.2, 0.25) is 0 Å². The average molecular weight is 332 g/mol. The molecule has 2 aliphatic rings. The predicted molar refractivity (Wildman–Crippen MR) is 88.8 cm³/mol. The smallest absolute Gasteiger partial charge is 0.410 e. The van der Waals surface area contributed by atoms with E-state index in [1.54, 1.807) is 0 Å². The van der Waals surface area contributed by atoms with Crippen LogP contribution in [-0.2, 0) is 16.0 Å². The summed E-state index contributed by atoms with van der Waals surface area (Å²) in [5.74, 6) is -0.686. The minimum atomic E-state index is -0.994. The Morgan fingerprint density at radius 2 is 2.04 bits per heavy atom. The van der Waals surface area contributed by atoms with E-state index in [2.05, 4.69) is 17.4 Å². The maximum Gasteiger partial charge on any atom is 0.410 e. The van der Waals surface area contributed by atoms with Crippen LogP contribution < -0.4 is 5.32 Å². The number of rotatable bonds is 4. The molecule has 2 N–H and O–H groups in total. The third-order valence-electron chi connectivity index (χ3n) is 4.95. The van der Waals surface area contributed by atoms with Gasteiger partial charge in [-0.15, -0.1) is 0 Å². The number of nitrogens with one attached hydrogen (secondary N) is 1. The number of nitrogens with zero attached hydrogens (tertiary/aromatic N) is 1. The van der Waals surface area contributed by atoms with Crippen molar-refractivity contribution in [3.63, 3.8) is 0 Å². The number of piperazine rings is 1. The molecule has 3 unspecified atom stereocenters. The highest BCUT2D eigenvalue weighted by molar-refractivity contribution is 5.80. The Hall–Kier alpha value is -2.08. The van der Waals surface area contributed by atoms with Gasteiger partial charge in [0.1, 0.15) is 12.1 Å². The lowest BCUT2D eigenvalue weighted by atomic mass is 9.96. The van der Waals surface area contributed by atoms with Crippen LogP contribution in [0.5, 0.6) is 0 Å². The summed E-state index contributed by atoms with van der Waals surface area (Å²) < 4.78 is 5.71. The fourth-order valence-electron chi connectivity index (χ4n) is 3.65. The van der Waals surface area contributed by atoms with Gasteiger partial charge in [-0.3, -0.25) is 4.90 Å². The number of carboxylic acid groups (broad SMARTS) is 1. The van der Waals surface area contributed by atoms with Gasteiger partial charge in [0.05, 0.1) is 0 Å². The molecule has 0 bridgehead atoms. The van der Waals surface area contributed by atoms with Crippen molar-refractivity contribution in [1.29, 1.82) is 0 Å². The van der Waals surface area contributed by atoms with Gasteiger partial charge >= 0.3 is 12.1 Å². The van der Waals surface area contributed by atoms with Gasteiger partial charge in [-0.05, 0) is 31.2 Å². The first-order chi connectivity index (χ1) is 11.6. The molecule has 1 aliphatic carbocycles. The Balaban J connectivity index is 1.61. The first-order valence-electron chi connectivity index (χ1n) is 8.60. The zero-order valence-electron chi connectivity index (χ0n) is 13.7. The van der Waals surface area contributed by atoms with E-state index in [-0.39, 0.29) is 12.6 Å². The molecule has 1 heterocycles. The normalized spacial score (nSPS) is 27.0. The monoisotopic (exact) mass is 332 g/mol. The van der Waals surface area contributed by atoms with Crippen molar-refractivity contribution in [2.45, 2.75) is 37.8 Å². The second-order valence-electron chi connectivity index (χ2n) is 6.55. The summed E-state index contributed by atoms with van der Waals surface area (Å²) >= 11 is 0. The van der Waals surface area contributed by atoms with Crippen molar-refractivity contribution in [3.05, 3.63) is 35.9 Å². The molecule has 0 radical (unpaired) electrons. The fourth-order valence-corrected chi connectivity index (χ4v) is 3.65. The zero-order valence-corrected chi connectivity index (χ0v) is 13.7. The second-order valence-corrected chi connectivity index (χ2v) is 6.55. The number of carboxylic acids is 1. The molecular formula is C18H24N2O4. The molecule has 1 amide bonds. The summed E-state index contributed by atoms with van der Waals surface area (Å²) in [6.45, 7) is 1.23. The van der Waals surface area contributed by atoms with Crippen LogP contribution in [0.25, 0.3) is 0 Å². The Morgan fingerprint density at radius 3 is 2.79 bits per heavy atom. The van der Waals surface area contributed by atoms with Gasteiger partial charge in [0.15, 0.2) is 0 Å². The van der Waals surface area contributed by atoms with Gasteiger partial charge in [-0.2, -0.15) is 0 Å². The van der Waals surface area contributed by atoms with Crippen molar-refractivity contribution in [2.24, 2.45) is 5.92 Å². The summed E-state index contributed by atoms with van der Waals surface area (Å²) in [5.41, 5.74) is 1.25. The molecule has 2 fully saturated rings. The highest BCUT2D eigenvalue weighted by Crippen LogP contribution is 2.31. The molecule has 1 aromatic carbocycles. The predicted octanol–water partition coefficient (Wildman–Crippen LogP) is 1.89. The summed E-state index contributed by atoms with van der Waals surface area (Å²) in [6.07, 6.45) is 3.21. The molecule has 3 atom stereocenters. The number of hydrogen-bond acceptors (Lipinski definition) is 4. The Labute approximate surface area is 141 Å². The quantitative estimate of drug-likeness (QED) is 0.880. The Bertz CT molecular complexity index is 578. The summed E-state index contributed by atoms with van der Waals surface area (Å²) in [6, 6.07) is 9.36. The molecule has 130 valence electrons. The van der Waals surface area contributed by atoms with Gasteiger partial charge in [-0.25, -0.2) is 9.59 Å². The minimum Gasteiger partial charge on any atom is -0.480 e. The van der Waals surface area contributed by atoms with Gasteiger partial charge in [0, 0.05) is 25.6 Å². The number of carbonyl (C=O) groups is 2. The molecular weight excluding hydrogens is 308 g/mol. The van der Waals surface area contributed by atoms with E-state index in [1.165, 1.54) is 10.5 Å². The molecule has 0 aromatic heterocycles. The van der Waals surface area contributed by atoms with Crippen molar-refractivity contribution < 1.29 is 19.4 Å². The summed E-state index contributed by atoms with van der Waals surface area (Å²) in [7, 11) is 0. The largest absolute Gasteiger partial charge is 0.480 e. The summed E-state index contributed by atoms with van der Waals surface area (Å²) in [5, 5.41) is 12.3.